The third-order valence-corrected chi connectivity index (χ3v) is 2.14. The predicted octanol–water partition coefficient (Wildman–Crippen LogP) is -6.31. The molecule has 0 amide bonds. The van der Waals surface area contributed by atoms with Gasteiger partial charge in [0.1, 0.15) is 0 Å². The maximum Gasteiger partial charge on any atom is 4.00 e. The van der Waals surface area contributed by atoms with Crippen molar-refractivity contribution in [2.45, 2.75) is 0 Å². The molecule has 1 N–H and O–H groups in total. The molecule has 0 spiro atoms. The standard InChI is InChI=1S/C8H5BrN.3ClH.Zr/c9-7-4-5-10-8-3-1-2-6(7)8;;;;/h1-3,5,10H;3*1H;/q-1;;;;+4/p-3. The largest absolute Gasteiger partial charge is 4.00 e. The van der Waals surface area contributed by atoms with Crippen LogP contribution >= 0.6 is 15.9 Å². The smallest absolute Gasteiger partial charge is 1.00 e. The van der Waals surface area contributed by atoms with Crippen molar-refractivity contribution in [3.63, 3.8) is 0 Å². The predicted molar refractivity (Wildman–Crippen MR) is 44.0 cm³/mol. The summed E-state index contributed by atoms with van der Waals surface area (Å²) in [5.74, 6) is 0. The van der Waals surface area contributed by atoms with E-state index in [1.165, 1.54) is 5.56 Å². The van der Waals surface area contributed by atoms with Gasteiger partial charge in [-0.15, -0.1) is 16.1 Å². The third-order valence-electron chi connectivity index (χ3n) is 1.48. The van der Waals surface area contributed by atoms with Gasteiger partial charge in [-0.2, -0.15) is 0 Å². The third kappa shape index (κ3) is 4.24. The average molecular weight is 393 g/mol. The minimum absolute atomic E-state index is 0. The van der Waals surface area contributed by atoms with Crippen molar-refractivity contribution < 1.29 is 63.4 Å². The van der Waals surface area contributed by atoms with Crippen LogP contribution in [-0.2, 0) is 26.2 Å². The van der Waals surface area contributed by atoms with Crippen LogP contribution in [0.1, 0.15) is 0 Å². The maximum absolute atomic E-state index is 3.40. The molecule has 1 nitrogen and oxygen atoms in total. The molecule has 74 valence electrons. The van der Waals surface area contributed by atoms with E-state index in [0.717, 1.165) is 10.2 Å². The Morgan fingerprint density at radius 3 is 2.36 bits per heavy atom. The van der Waals surface area contributed by atoms with Gasteiger partial charge in [0.2, 0.25) is 0 Å². The molecule has 1 heterocycles. The average Bonchev–Trinajstić information content (AvgIpc) is 2.36. The van der Waals surface area contributed by atoms with Gasteiger partial charge in [-0.05, 0) is 5.69 Å². The monoisotopic (exact) mass is 389 g/mol. The van der Waals surface area contributed by atoms with Crippen molar-refractivity contribution >= 4 is 15.9 Å². The van der Waals surface area contributed by atoms with E-state index in [4.69, 9.17) is 0 Å². The zero-order valence-corrected chi connectivity index (χ0v) is 13.1. The fraction of sp³-hybridized carbons (Fsp3) is 0. The van der Waals surface area contributed by atoms with Gasteiger partial charge in [-0.1, -0.05) is 34.3 Å². The van der Waals surface area contributed by atoms with Crippen LogP contribution in [0.4, 0.5) is 0 Å². The fourth-order valence-corrected chi connectivity index (χ4v) is 1.45. The first kappa shape index (κ1) is 20.4. The second kappa shape index (κ2) is 9.24. The van der Waals surface area contributed by atoms with Gasteiger partial charge in [0.15, 0.2) is 0 Å². The SMILES string of the molecule is Brc1[c-]c[nH]c2cccc1-2.[Cl-].[Cl-].[Cl-].[Zr+4]. The van der Waals surface area contributed by atoms with Gasteiger partial charge in [-0.3, -0.25) is 0 Å². The van der Waals surface area contributed by atoms with Gasteiger partial charge in [-0.25, -0.2) is 6.07 Å². The molecule has 0 aromatic rings. The Bertz CT molecular complexity index is 328. The summed E-state index contributed by atoms with van der Waals surface area (Å²) in [6.45, 7) is 0. The molecule has 0 fully saturated rings. The molecule has 0 bridgehead atoms. The molecule has 0 unspecified atom stereocenters. The van der Waals surface area contributed by atoms with Crippen molar-refractivity contribution in [2.75, 3.05) is 0 Å². The number of nitrogens with one attached hydrogen (secondary N) is 1. The van der Waals surface area contributed by atoms with Gasteiger partial charge < -0.3 is 42.2 Å². The summed E-state index contributed by atoms with van der Waals surface area (Å²) in [6.07, 6.45) is 1.80. The second-order valence-corrected chi connectivity index (χ2v) is 2.89. The van der Waals surface area contributed by atoms with E-state index in [2.05, 4.69) is 27.0 Å². The molecule has 6 heteroatoms. The van der Waals surface area contributed by atoms with Gasteiger partial charge >= 0.3 is 26.2 Å². The van der Waals surface area contributed by atoms with Crippen LogP contribution in [0, 0.1) is 6.07 Å². The van der Waals surface area contributed by atoms with E-state index in [-0.39, 0.29) is 63.4 Å². The Morgan fingerprint density at radius 1 is 1.14 bits per heavy atom. The summed E-state index contributed by atoms with van der Waals surface area (Å²) in [4.78, 5) is 3.09. The molecule has 0 aromatic heterocycles. The van der Waals surface area contributed by atoms with E-state index in [1.54, 1.807) is 6.20 Å². The number of rotatable bonds is 0. The first-order valence-corrected chi connectivity index (χ1v) is 3.80. The normalized spacial score (nSPS) is 7.50. The Balaban J connectivity index is -0.000000302. The number of fused-ring (bicyclic) bond motifs is 1. The van der Waals surface area contributed by atoms with Crippen LogP contribution in [0.3, 0.4) is 0 Å². The van der Waals surface area contributed by atoms with Crippen LogP contribution < -0.4 is 37.2 Å². The van der Waals surface area contributed by atoms with E-state index < -0.39 is 0 Å². The second-order valence-electron chi connectivity index (χ2n) is 2.10. The Hall–Kier alpha value is 0.993. The zero-order chi connectivity index (χ0) is 6.97. The number of aromatic amines is 1. The zero-order valence-electron chi connectivity index (χ0n) is 6.82. The van der Waals surface area contributed by atoms with Gasteiger partial charge in [0.25, 0.3) is 0 Å². The van der Waals surface area contributed by atoms with Crippen molar-refractivity contribution in [3.05, 3.63) is 34.9 Å². The van der Waals surface area contributed by atoms with E-state index in [1.807, 2.05) is 18.2 Å². The summed E-state index contributed by atoms with van der Waals surface area (Å²) in [5.41, 5.74) is 2.33. The number of hydrogen-bond acceptors (Lipinski definition) is 0. The van der Waals surface area contributed by atoms with E-state index >= 15 is 0 Å². The molecular weight excluding hydrogens is 388 g/mol. The first-order chi connectivity index (χ1) is 4.88. The van der Waals surface area contributed by atoms with Crippen molar-refractivity contribution in [1.82, 2.24) is 4.98 Å². The molecule has 1 aliphatic heterocycles. The van der Waals surface area contributed by atoms with E-state index in [9.17, 15) is 0 Å². The number of halogens is 4. The molecular formula is C8H5BrCl3NZr. The van der Waals surface area contributed by atoms with Crippen LogP contribution in [0.15, 0.2) is 28.9 Å². The van der Waals surface area contributed by atoms with Crippen molar-refractivity contribution in [3.8, 4) is 11.3 Å². The molecule has 0 aromatic carbocycles. The van der Waals surface area contributed by atoms with E-state index in [0.29, 0.717) is 0 Å². The van der Waals surface area contributed by atoms with Crippen LogP contribution in [0.5, 0.6) is 0 Å². The fourth-order valence-electron chi connectivity index (χ4n) is 0.992. The summed E-state index contributed by atoms with van der Waals surface area (Å²) < 4.78 is 1.02. The van der Waals surface area contributed by atoms with Gasteiger partial charge in [0, 0.05) is 0 Å². The number of hydrogen-bond donors (Lipinski definition) is 1. The molecule has 0 radical (unpaired) electrons. The minimum Gasteiger partial charge on any atom is -1.00 e. The number of H-pyrrole nitrogens is 1. The Morgan fingerprint density at radius 2 is 1.79 bits per heavy atom. The molecule has 1 aliphatic carbocycles. The van der Waals surface area contributed by atoms with Crippen LogP contribution in [-0.4, -0.2) is 4.98 Å². The molecule has 2 aliphatic rings. The van der Waals surface area contributed by atoms with Crippen molar-refractivity contribution in [1.29, 1.82) is 0 Å². The quantitative estimate of drug-likeness (QED) is 0.430. The van der Waals surface area contributed by atoms with Crippen molar-refractivity contribution in [2.24, 2.45) is 0 Å². The Kier molecular flexibility index (Phi) is 13.5. The van der Waals surface area contributed by atoms with Crippen LogP contribution in [0.25, 0.3) is 11.3 Å². The maximum atomic E-state index is 3.40. The molecule has 0 saturated carbocycles. The number of aromatic nitrogens is 1. The van der Waals surface area contributed by atoms with Gasteiger partial charge in [0.05, 0.1) is 0 Å². The molecule has 0 saturated heterocycles. The Labute approximate surface area is 129 Å². The summed E-state index contributed by atoms with van der Waals surface area (Å²) in [7, 11) is 0. The summed E-state index contributed by atoms with van der Waals surface area (Å²) in [6, 6.07) is 9.12. The topological polar surface area (TPSA) is 15.8 Å². The molecule has 14 heavy (non-hydrogen) atoms. The molecule has 0 atom stereocenters. The summed E-state index contributed by atoms with van der Waals surface area (Å²) in [5, 5.41) is 0. The first-order valence-electron chi connectivity index (χ1n) is 3.01. The summed E-state index contributed by atoms with van der Waals surface area (Å²) >= 11 is 3.40. The number of pyridine rings is 1. The molecule has 2 rings (SSSR count). The van der Waals surface area contributed by atoms with Crippen LogP contribution in [0.2, 0.25) is 0 Å². The minimum atomic E-state index is 0.